The molecule has 1 saturated heterocycles. The lowest BCUT2D eigenvalue weighted by molar-refractivity contribution is -0.282. The average Bonchev–Trinajstić information content (AvgIpc) is 3.46. The van der Waals surface area contributed by atoms with Gasteiger partial charge in [0.05, 0.1) is 19.4 Å². The minimum absolute atomic E-state index is 0.0265. The van der Waals surface area contributed by atoms with E-state index in [1.54, 1.807) is 0 Å². The van der Waals surface area contributed by atoms with Crippen LogP contribution in [-0.2, 0) is 59.0 Å². The van der Waals surface area contributed by atoms with Gasteiger partial charge >= 0.3 is 30.0 Å². The van der Waals surface area contributed by atoms with Gasteiger partial charge in [0.15, 0.2) is 18.3 Å². The molecule has 54 heavy (non-hydrogen) atoms. The van der Waals surface area contributed by atoms with Gasteiger partial charge in [0.1, 0.15) is 12.4 Å². The highest BCUT2D eigenvalue weighted by Crippen LogP contribution is 2.44. The third-order valence-corrected chi connectivity index (χ3v) is 8.54. The van der Waals surface area contributed by atoms with Crippen molar-refractivity contribution >= 4 is 41.6 Å². The first-order valence-corrected chi connectivity index (χ1v) is 16.9. The maximum atomic E-state index is 13.1. The summed E-state index contributed by atoms with van der Waals surface area (Å²) in [6.07, 6.45) is -9.12. The topological polar surface area (TPSA) is 211 Å². The number of benzene rings is 3. The summed E-state index contributed by atoms with van der Waals surface area (Å²) in [4.78, 5) is 74.9. The fraction of sp³-hybridized carbons (Fsp3) is 0.368. The number of alkyl carbamates (subject to hydrolysis) is 1. The number of carbonyl (C=O) groups excluding carboxylic acids is 6. The first kappa shape index (κ1) is 39.2. The van der Waals surface area contributed by atoms with Crippen molar-refractivity contribution in [1.29, 1.82) is 0 Å². The Balaban J connectivity index is 1.26. The normalized spacial score (nSPS) is 20.0. The summed E-state index contributed by atoms with van der Waals surface area (Å²) in [6, 6.07) is 20.1. The zero-order chi connectivity index (χ0) is 38.9. The van der Waals surface area contributed by atoms with Gasteiger partial charge in [-0.2, -0.15) is 0 Å². The standard InChI is InChI=1S/C38H40N2O14/c1-20(42)50-32-33(51-21(2)43)35(52-22(3)44)37(54-34(32)36(46)48-4)53-30-14-13-23(18-41)17-29(30)40-31(45)15-16-39-38(47)49-19-28-26-11-7-5-9-24(26)25-10-6-8-12-27(25)28/h5-14,17,28,32-35,37,41H,15-16,18-19H2,1-4H3,(H,39,47)(H,40,45)/t32-,33-,34-,35-,37+/m0/s1. The van der Waals surface area contributed by atoms with Crippen molar-refractivity contribution in [2.45, 2.75) is 70.4 Å². The Hall–Kier alpha value is -6.00. The molecule has 0 unspecified atom stereocenters. The van der Waals surface area contributed by atoms with Crippen LogP contribution in [0.15, 0.2) is 66.7 Å². The molecule has 16 heteroatoms. The molecule has 0 aromatic heterocycles. The van der Waals surface area contributed by atoms with Crippen molar-refractivity contribution in [3.63, 3.8) is 0 Å². The van der Waals surface area contributed by atoms with Gasteiger partial charge in [0.25, 0.3) is 0 Å². The van der Waals surface area contributed by atoms with Crippen molar-refractivity contribution in [2.24, 2.45) is 0 Å². The fourth-order valence-corrected chi connectivity index (χ4v) is 6.32. The Morgan fingerprint density at radius 2 is 1.37 bits per heavy atom. The first-order chi connectivity index (χ1) is 25.9. The van der Waals surface area contributed by atoms with Crippen molar-refractivity contribution in [2.75, 3.05) is 25.6 Å². The van der Waals surface area contributed by atoms with Gasteiger partial charge < -0.3 is 48.9 Å². The smallest absolute Gasteiger partial charge is 0.407 e. The molecule has 1 aliphatic carbocycles. The highest BCUT2D eigenvalue weighted by atomic mass is 16.7. The molecule has 2 aliphatic rings. The number of hydrogen-bond donors (Lipinski definition) is 3. The predicted molar refractivity (Wildman–Crippen MR) is 187 cm³/mol. The molecule has 286 valence electrons. The molecule has 5 rings (SSSR count). The van der Waals surface area contributed by atoms with E-state index in [9.17, 15) is 33.9 Å². The second-order valence-electron chi connectivity index (χ2n) is 12.3. The van der Waals surface area contributed by atoms with E-state index >= 15 is 0 Å². The third kappa shape index (κ3) is 9.31. The van der Waals surface area contributed by atoms with Crippen LogP contribution in [0.1, 0.15) is 49.8 Å². The van der Waals surface area contributed by atoms with Gasteiger partial charge in [-0.3, -0.25) is 19.2 Å². The van der Waals surface area contributed by atoms with E-state index in [1.807, 2.05) is 48.5 Å². The quantitative estimate of drug-likeness (QED) is 0.169. The van der Waals surface area contributed by atoms with Gasteiger partial charge in [-0.1, -0.05) is 54.6 Å². The van der Waals surface area contributed by atoms with Crippen LogP contribution in [-0.4, -0.2) is 92.0 Å². The van der Waals surface area contributed by atoms with E-state index < -0.39 is 73.2 Å². The highest BCUT2D eigenvalue weighted by molar-refractivity contribution is 5.92. The van der Waals surface area contributed by atoms with E-state index in [2.05, 4.69) is 10.6 Å². The molecule has 2 amide bonds. The van der Waals surface area contributed by atoms with Crippen LogP contribution in [0.5, 0.6) is 5.75 Å². The molecule has 3 N–H and O–H groups in total. The lowest BCUT2D eigenvalue weighted by Gasteiger charge is -2.43. The number of anilines is 1. The summed E-state index contributed by atoms with van der Waals surface area (Å²) in [6.45, 7) is 2.75. The molecule has 1 aliphatic heterocycles. The number of hydrogen-bond acceptors (Lipinski definition) is 14. The van der Waals surface area contributed by atoms with E-state index in [0.717, 1.165) is 50.1 Å². The summed E-state index contributed by atoms with van der Waals surface area (Å²) in [5.41, 5.74) is 4.68. The third-order valence-electron chi connectivity index (χ3n) is 8.54. The van der Waals surface area contributed by atoms with E-state index in [1.165, 1.54) is 18.2 Å². The van der Waals surface area contributed by atoms with E-state index in [0.29, 0.717) is 5.56 Å². The molecule has 0 radical (unpaired) electrons. The lowest BCUT2D eigenvalue weighted by atomic mass is 9.97. The number of aliphatic hydroxyl groups is 1. The van der Waals surface area contributed by atoms with Gasteiger partial charge in [-0.15, -0.1) is 0 Å². The number of fused-ring (bicyclic) bond motifs is 3. The summed E-state index contributed by atoms with van der Waals surface area (Å²) in [5.74, 6) is -4.42. The van der Waals surface area contributed by atoms with E-state index in [-0.39, 0.29) is 36.9 Å². The van der Waals surface area contributed by atoms with Crippen molar-refractivity contribution in [1.82, 2.24) is 5.32 Å². The minimum Gasteiger partial charge on any atom is -0.467 e. The Kier molecular flexibility index (Phi) is 12.8. The number of ether oxygens (including phenoxy) is 7. The molecule has 3 aromatic carbocycles. The molecule has 3 aromatic rings. The van der Waals surface area contributed by atoms with Crippen molar-refractivity contribution in [3.05, 3.63) is 83.4 Å². The zero-order valence-corrected chi connectivity index (χ0v) is 29.9. The second kappa shape index (κ2) is 17.7. The molecular formula is C38H40N2O14. The van der Waals surface area contributed by atoms with Crippen LogP contribution in [0.4, 0.5) is 10.5 Å². The number of esters is 4. The predicted octanol–water partition coefficient (Wildman–Crippen LogP) is 3.12. The van der Waals surface area contributed by atoms with Crippen LogP contribution >= 0.6 is 0 Å². The van der Waals surface area contributed by atoms with Crippen LogP contribution in [0.2, 0.25) is 0 Å². The first-order valence-electron chi connectivity index (χ1n) is 16.9. The second-order valence-corrected chi connectivity index (χ2v) is 12.3. The van der Waals surface area contributed by atoms with Crippen LogP contribution < -0.4 is 15.4 Å². The number of nitrogens with one attached hydrogen (secondary N) is 2. The summed E-state index contributed by atoms with van der Waals surface area (Å²) >= 11 is 0. The maximum absolute atomic E-state index is 13.1. The molecule has 0 spiro atoms. The van der Waals surface area contributed by atoms with Crippen LogP contribution in [0, 0.1) is 0 Å². The van der Waals surface area contributed by atoms with Crippen molar-refractivity contribution < 1.29 is 67.0 Å². The zero-order valence-electron chi connectivity index (χ0n) is 29.9. The van der Waals surface area contributed by atoms with Crippen LogP contribution in [0.3, 0.4) is 0 Å². The summed E-state index contributed by atoms with van der Waals surface area (Å²) in [7, 11) is 1.05. The molecule has 0 bridgehead atoms. The minimum atomic E-state index is -1.71. The molecular weight excluding hydrogens is 708 g/mol. The molecule has 5 atom stereocenters. The summed E-state index contributed by atoms with van der Waals surface area (Å²) in [5, 5.41) is 15.0. The maximum Gasteiger partial charge on any atom is 0.407 e. The Morgan fingerprint density at radius 1 is 0.778 bits per heavy atom. The van der Waals surface area contributed by atoms with Crippen molar-refractivity contribution in [3.8, 4) is 16.9 Å². The molecule has 1 heterocycles. The number of amides is 2. The molecule has 16 nitrogen and oxygen atoms in total. The Labute approximate surface area is 309 Å². The monoisotopic (exact) mass is 748 g/mol. The van der Waals surface area contributed by atoms with Gasteiger partial charge in [-0.25, -0.2) is 9.59 Å². The fourth-order valence-electron chi connectivity index (χ4n) is 6.32. The number of carbonyl (C=O) groups is 6. The highest BCUT2D eigenvalue weighted by Gasteiger charge is 2.56. The van der Waals surface area contributed by atoms with E-state index in [4.69, 9.17) is 33.2 Å². The largest absolute Gasteiger partial charge is 0.467 e. The van der Waals surface area contributed by atoms with Gasteiger partial charge in [-0.05, 0) is 39.9 Å². The number of rotatable bonds is 13. The SMILES string of the molecule is COC(=O)[C@H]1O[C@@H](Oc2ccc(CO)cc2NC(=O)CCNC(=O)OCC2c3ccccc3-c3ccccc32)[C@@H](OC(C)=O)[C@@H](OC(C)=O)[C@@H]1OC(C)=O. The lowest BCUT2D eigenvalue weighted by Crippen LogP contribution is -2.64. The van der Waals surface area contributed by atoms with Gasteiger partial charge in [0.2, 0.25) is 18.3 Å². The average molecular weight is 749 g/mol. The number of aliphatic hydroxyl groups excluding tert-OH is 1. The molecule has 1 fully saturated rings. The number of methoxy groups -OCH3 is 1. The molecule has 0 saturated carbocycles. The Bertz CT molecular complexity index is 1850. The summed E-state index contributed by atoms with van der Waals surface area (Å²) < 4.78 is 38.3. The Morgan fingerprint density at radius 3 is 1.96 bits per heavy atom. The van der Waals surface area contributed by atoms with Gasteiger partial charge in [0, 0.05) is 39.7 Å². The van der Waals surface area contributed by atoms with Crippen LogP contribution in [0.25, 0.3) is 11.1 Å².